The van der Waals surface area contributed by atoms with Gasteiger partial charge in [0, 0.05) is 28.0 Å². The molecule has 25 heavy (non-hydrogen) atoms. The molecule has 1 aromatic heterocycles. The number of carbonyl (C=O) groups excluding carboxylic acids is 1. The van der Waals surface area contributed by atoms with Gasteiger partial charge < -0.3 is 4.98 Å². The van der Waals surface area contributed by atoms with Gasteiger partial charge in [0.1, 0.15) is 0 Å². The molecule has 0 fully saturated rings. The fourth-order valence-corrected chi connectivity index (χ4v) is 4.08. The lowest BCUT2D eigenvalue weighted by Gasteiger charge is -2.25. The summed E-state index contributed by atoms with van der Waals surface area (Å²) in [7, 11) is 0. The lowest BCUT2D eigenvalue weighted by atomic mass is 9.79. The minimum Gasteiger partial charge on any atom is -0.358 e. The van der Waals surface area contributed by atoms with Crippen LogP contribution in [-0.2, 0) is 6.42 Å². The van der Waals surface area contributed by atoms with E-state index >= 15 is 0 Å². The molecule has 1 aliphatic rings. The van der Waals surface area contributed by atoms with Crippen LogP contribution in [0.15, 0.2) is 41.2 Å². The first kappa shape index (κ1) is 16.1. The molecule has 4 rings (SSSR count). The smallest absolute Gasteiger partial charge is 0.200 e. The summed E-state index contributed by atoms with van der Waals surface area (Å²) < 4.78 is 0. The Labute approximate surface area is 150 Å². The number of aromatic amines is 1. The number of Topliss-reactive ketones (excluding diaryl/α,β-unsaturated/α-hetero) is 1. The number of carbonyl (C=O) groups is 1. The summed E-state index contributed by atoms with van der Waals surface area (Å²) in [6, 6.07) is 11.5. The zero-order valence-electron chi connectivity index (χ0n) is 14.2. The molecule has 0 saturated carbocycles. The fourth-order valence-electron chi connectivity index (χ4n) is 3.91. The third-order valence-electron chi connectivity index (χ3n) is 5.07. The fraction of sp³-hybridized carbons (Fsp3) is 0.238. The van der Waals surface area contributed by atoms with E-state index in [1.165, 1.54) is 16.7 Å². The van der Waals surface area contributed by atoms with Gasteiger partial charge in [0.05, 0.1) is 5.56 Å². The van der Waals surface area contributed by atoms with Crippen molar-refractivity contribution in [3.63, 3.8) is 0 Å². The summed E-state index contributed by atoms with van der Waals surface area (Å²) in [5.41, 5.74) is 5.13. The normalized spacial score (nSPS) is 16.9. The van der Waals surface area contributed by atoms with E-state index in [0.717, 1.165) is 11.2 Å². The lowest BCUT2D eigenvalue weighted by molar-refractivity contribution is 0.0962. The average Bonchev–Trinajstić information content (AvgIpc) is 2.55. The van der Waals surface area contributed by atoms with Gasteiger partial charge in [-0.2, -0.15) is 0 Å². The molecule has 0 amide bonds. The van der Waals surface area contributed by atoms with E-state index < -0.39 is 0 Å². The van der Waals surface area contributed by atoms with Gasteiger partial charge in [-0.1, -0.05) is 35.4 Å². The number of hydrogen-bond donors (Lipinski definition) is 1. The molecular formula is C21H18ClNO2. The van der Waals surface area contributed by atoms with Crippen molar-refractivity contribution in [1.82, 2.24) is 4.98 Å². The Morgan fingerprint density at radius 3 is 2.60 bits per heavy atom. The first-order valence-corrected chi connectivity index (χ1v) is 8.76. The topological polar surface area (TPSA) is 49.9 Å². The first-order valence-electron chi connectivity index (χ1n) is 8.39. The zero-order chi connectivity index (χ0) is 17.7. The summed E-state index contributed by atoms with van der Waals surface area (Å²) in [5.74, 6) is 0.00958. The third kappa shape index (κ3) is 2.69. The quantitative estimate of drug-likeness (QED) is 0.690. The number of aryl methyl sites for hydroxylation is 2. The van der Waals surface area contributed by atoms with Crippen molar-refractivity contribution in [2.75, 3.05) is 0 Å². The van der Waals surface area contributed by atoms with Crippen LogP contribution in [0.3, 0.4) is 0 Å². The Morgan fingerprint density at radius 1 is 1.04 bits per heavy atom. The summed E-state index contributed by atoms with van der Waals surface area (Å²) in [5, 5.41) is 0.971. The second-order valence-electron chi connectivity index (χ2n) is 6.89. The Kier molecular flexibility index (Phi) is 3.77. The molecule has 126 valence electrons. The van der Waals surface area contributed by atoms with E-state index in [1.54, 1.807) is 18.2 Å². The van der Waals surface area contributed by atoms with E-state index in [1.807, 2.05) is 0 Å². The number of halogens is 1. The highest BCUT2D eigenvalue weighted by atomic mass is 35.5. The number of H-pyrrole nitrogens is 1. The van der Waals surface area contributed by atoms with Crippen molar-refractivity contribution in [2.24, 2.45) is 0 Å². The number of benzene rings is 2. The number of hydrogen-bond acceptors (Lipinski definition) is 2. The van der Waals surface area contributed by atoms with Gasteiger partial charge in [0.2, 0.25) is 5.43 Å². The molecule has 0 bridgehead atoms. The van der Waals surface area contributed by atoms with E-state index in [4.69, 9.17) is 11.6 Å². The third-order valence-corrected chi connectivity index (χ3v) is 5.30. The number of aromatic nitrogens is 1. The molecule has 0 aliphatic heterocycles. The predicted octanol–water partition coefficient (Wildman–Crippen LogP) is 4.71. The molecule has 0 radical (unpaired) electrons. The molecule has 2 aromatic carbocycles. The maximum absolute atomic E-state index is 12.8. The minimum atomic E-state index is -0.213. The standard InChI is InChI=1S/C21H18ClNO2/c1-11-3-5-15(12(2)7-11)13-8-18-20(19(24)9-13)21(25)16-10-14(22)4-6-17(16)23-18/h3-7,10,13H,8-9H2,1-2H3,(H,23,25). The van der Waals surface area contributed by atoms with E-state index in [0.29, 0.717) is 28.8 Å². The minimum absolute atomic E-state index is 0.0886. The molecule has 0 spiro atoms. The second-order valence-corrected chi connectivity index (χ2v) is 7.32. The van der Waals surface area contributed by atoms with Crippen LogP contribution >= 0.6 is 11.6 Å². The Morgan fingerprint density at radius 2 is 1.84 bits per heavy atom. The van der Waals surface area contributed by atoms with Crippen LogP contribution in [0.25, 0.3) is 10.9 Å². The predicted molar refractivity (Wildman–Crippen MR) is 101 cm³/mol. The monoisotopic (exact) mass is 351 g/mol. The molecule has 1 atom stereocenters. The summed E-state index contributed by atoms with van der Waals surface area (Å²) in [4.78, 5) is 28.8. The molecule has 3 aromatic rings. The largest absolute Gasteiger partial charge is 0.358 e. The van der Waals surface area contributed by atoms with Crippen LogP contribution in [-0.4, -0.2) is 10.8 Å². The van der Waals surface area contributed by atoms with Gasteiger partial charge in [-0.05, 0) is 55.5 Å². The van der Waals surface area contributed by atoms with Crippen molar-refractivity contribution in [1.29, 1.82) is 0 Å². The highest BCUT2D eigenvalue weighted by Gasteiger charge is 2.30. The molecule has 0 saturated heterocycles. The van der Waals surface area contributed by atoms with Gasteiger partial charge in [0.15, 0.2) is 5.78 Å². The summed E-state index contributed by atoms with van der Waals surface area (Å²) in [6.45, 7) is 4.14. The molecule has 1 N–H and O–H groups in total. The van der Waals surface area contributed by atoms with Crippen molar-refractivity contribution in [3.05, 3.63) is 79.6 Å². The van der Waals surface area contributed by atoms with E-state index in [-0.39, 0.29) is 17.1 Å². The number of nitrogens with one attached hydrogen (secondary N) is 1. The maximum atomic E-state index is 12.8. The van der Waals surface area contributed by atoms with Crippen LogP contribution in [0.5, 0.6) is 0 Å². The molecule has 1 heterocycles. The summed E-state index contributed by atoms with van der Waals surface area (Å²) >= 11 is 6.01. The van der Waals surface area contributed by atoms with Crippen molar-refractivity contribution < 1.29 is 4.79 Å². The van der Waals surface area contributed by atoms with Crippen LogP contribution in [0.1, 0.15) is 45.1 Å². The van der Waals surface area contributed by atoms with Crippen LogP contribution < -0.4 is 5.43 Å². The molecule has 1 aliphatic carbocycles. The maximum Gasteiger partial charge on any atom is 0.200 e. The number of fused-ring (bicyclic) bond motifs is 2. The SMILES string of the molecule is Cc1ccc(C2CC(=O)c3c([nH]c4ccc(Cl)cc4c3=O)C2)c(C)c1. The van der Waals surface area contributed by atoms with Crippen molar-refractivity contribution in [3.8, 4) is 0 Å². The van der Waals surface area contributed by atoms with E-state index in [9.17, 15) is 9.59 Å². The van der Waals surface area contributed by atoms with Gasteiger partial charge in [-0.3, -0.25) is 9.59 Å². The first-order chi connectivity index (χ1) is 11.9. The lowest BCUT2D eigenvalue weighted by Crippen LogP contribution is -2.28. The Bertz CT molecular complexity index is 1080. The Hall–Kier alpha value is -2.39. The van der Waals surface area contributed by atoms with Gasteiger partial charge in [0.25, 0.3) is 0 Å². The molecule has 1 unspecified atom stereocenters. The van der Waals surface area contributed by atoms with Gasteiger partial charge in [-0.15, -0.1) is 0 Å². The zero-order valence-corrected chi connectivity index (χ0v) is 14.9. The van der Waals surface area contributed by atoms with E-state index in [2.05, 4.69) is 37.0 Å². The molecule has 3 nitrogen and oxygen atoms in total. The highest BCUT2D eigenvalue weighted by Crippen LogP contribution is 2.33. The van der Waals surface area contributed by atoms with Crippen molar-refractivity contribution >= 4 is 28.3 Å². The number of rotatable bonds is 1. The number of ketones is 1. The summed E-state index contributed by atoms with van der Waals surface area (Å²) in [6.07, 6.45) is 1.03. The average molecular weight is 352 g/mol. The van der Waals surface area contributed by atoms with Gasteiger partial charge >= 0.3 is 0 Å². The molecule has 4 heteroatoms. The van der Waals surface area contributed by atoms with Crippen LogP contribution in [0.2, 0.25) is 5.02 Å². The van der Waals surface area contributed by atoms with Gasteiger partial charge in [-0.25, -0.2) is 0 Å². The van der Waals surface area contributed by atoms with Crippen LogP contribution in [0, 0.1) is 13.8 Å². The highest BCUT2D eigenvalue weighted by molar-refractivity contribution is 6.31. The Balaban J connectivity index is 1.86. The van der Waals surface area contributed by atoms with Crippen molar-refractivity contribution in [2.45, 2.75) is 32.6 Å². The molecular weight excluding hydrogens is 334 g/mol. The van der Waals surface area contributed by atoms with Crippen LogP contribution in [0.4, 0.5) is 0 Å². The second kappa shape index (κ2) is 5.85. The number of pyridine rings is 1.